The molecule has 0 amide bonds. The van der Waals surface area contributed by atoms with E-state index in [1.165, 1.54) is 18.4 Å². The van der Waals surface area contributed by atoms with Gasteiger partial charge in [0, 0.05) is 12.5 Å². The third kappa shape index (κ3) is 4.12. The summed E-state index contributed by atoms with van der Waals surface area (Å²) in [5, 5.41) is 4.14. The molecular formula is C16H24ClNO. The maximum absolute atomic E-state index is 6.31. The molecule has 1 aliphatic rings. The molecule has 19 heavy (non-hydrogen) atoms. The Labute approximate surface area is 121 Å². The lowest BCUT2D eigenvalue weighted by Crippen LogP contribution is -2.33. The van der Waals surface area contributed by atoms with Crippen LogP contribution in [0.4, 0.5) is 0 Å². The highest BCUT2D eigenvalue weighted by Crippen LogP contribution is 2.30. The van der Waals surface area contributed by atoms with Gasteiger partial charge in [0.2, 0.25) is 0 Å². The average Bonchev–Trinajstić information content (AvgIpc) is 2.46. The van der Waals surface area contributed by atoms with E-state index < -0.39 is 0 Å². The van der Waals surface area contributed by atoms with E-state index in [0.717, 1.165) is 36.9 Å². The van der Waals surface area contributed by atoms with Gasteiger partial charge in [-0.1, -0.05) is 31.5 Å². The molecule has 0 spiro atoms. The molecule has 3 heteroatoms. The molecule has 0 unspecified atom stereocenters. The largest absolute Gasteiger partial charge is 0.492 e. The van der Waals surface area contributed by atoms with Gasteiger partial charge >= 0.3 is 0 Å². The van der Waals surface area contributed by atoms with Crippen molar-refractivity contribution in [2.75, 3.05) is 19.7 Å². The van der Waals surface area contributed by atoms with E-state index in [9.17, 15) is 0 Å². The number of nitrogens with one attached hydrogen (secondary N) is 1. The molecule has 1 aliphatic heterocycles. The first-order chi connectivity index (χ1) is 9.20. The highest BCUT2D eigenvalue weighted by atomic mass is 35.5. The lowest BCUT2D eigenvalue weighted by molar-refractivity contribution is 0.218. The molecule has 1 N–H and O–H groups in total. The summed E-state index contributed by atoms with van der Waals surface area (Å²) in [6.45, 7) is 7.37. The van der Waals surface area contributed by atoms with Crippen molar-refractivity contribution in [2.45, 2.75) is 39.0 Å². The van der Waals surface area contributed by atoms with Crippen molar-refractivity contribution in [3.05, 3.63) is 28.8 Å². The van der Waals surface area contributed by atoms with Crippen LogP contribution in [0, 0.1) is 5.92 Å². The van der Waals surface area contributed by atoms with E-state index in [2.05, 4.69) is 25.2 Å². The van der Waals surface area contributed by atoms with Crippen molar-refractivity contribution < 1.29 is 4.74 Å². The highest BCUT2D eigenvalue weighted by molar-refractivity contribution is 6.32. The molecule has 0 saturated carbocycles. The quantitative estimate of drug-likeness (QED) is 0.872. The summed E-state index contributed by atoms with van der Waals surface area (Å²) in [5.41, 5.74) is 1.29. The zero-order valence-electron chi connectivity index (χ0n) is 11.9. The minimum absolute atomic E-state index is 0.550. The fourth-order valence-corrected chi connectivity index (χ4v) is 2.69. The molecule has 1 aromatic carbocycles. The SMILES string of the molecule is CC[C@H](C)c1ccc(OC[C@@H]2CCCNC2)c(Cl)c1. The van der Waals surface area contributed by atoms with Crippen molar-refractivity contribution in [1.82, 2.24) is 5.32 Å². The maximum atomic E-state index is 6.31. The van der Waals surface area contributed by atoms with E-state index in [4.69, 9.17) is 16.3 Å². The first-order valence-electron chi connectivity index (χ1n) is 7.33. The second kappa shape index (κ2) is 7.16. The molecule has 0 radical (unpaired) electrons. The lowest BCUT2D eigenvalue weighted by atomic mass is 9.98. The standard InChI is InChI=1S/C16H24ClNO/c1-3-12(2)14-6-7-16(15(17)9-14)19-11-13-5-4-8-18-10-13/h6-7,9,12-13,18H,3-5,8,10-11H2,1-2H3/t12-,13+/m0/s1. The molecule has 0 bridgehead atoms. The van der Waals surface area contributed by atoms with Gasteiger partial charge in [0.25, 0.3) is 0 Å². The molecule has 1 saturated heterocycles. The third-order valence-corrected chi connectivity index (χ3v) is 4.31. The Morgan fingerprint density at radius 1 is 1.47 bits per heavy atom. The van der Waals surface area contributed by atoms with Crippen LogP contribution in [0.2, 0.25) is 5.02 Å². The molecule has 2 nitrogen and oxygen atoms in total. The summed E-state index contributed by atoms with van der Waals surface area (Å²) in [4.78, 5) is 0. The van der Waals surface area contributed by atoms with Crippen molar-refractivity contribution >= 4 is 11.6 Å². The van der Waals surface area contributed by atoms with E-state index in [-0.39, 0.29) is 0 Å². The lowest BCUT2D eigenvalue weighted by Gasteiger charge is -2.23. The normalized spacial score (nSPS) is 21.1. The van der Waals surface area contributed by atoms with Gasteiger partial charge in [-0.15, -0.1) is 0 Å². The van der Waals surface area contributed by atoms with Crippen LogP contribution in [-0.2, 0) is 0 Å². The minimum atomic E-state index is 0.550. The van der Waals surface area contributed by atoms with Gasteiger partial charge in [0.1, 0.15) is 5.75 Å². The first-order valence-corrected chi connectivity index (χ1v) is 7.71. The van der Waals surface area contributed by atoms with Crippen molar-refractivity contribution in [3.8, 4) is 5.75 Å². The van der Waals surface area contributed by atoms with Crippen LogP contribution in [0.3, 0.4) is 0 Å². The van der Waals surface area contributed by atoms with Gasteiger partial charge in [-0.05, 0) is 49.4 Å². The Kier molecular flexibility index (Phi) is 5.53. The molecular weight excluding hydrogens is 258 g/mol. The number of rotatable bonds is 5. The molecule has 0 aromatic heterocycles. The summed E-state index contributed by atoms with van der Waals surface area (Å²) < 4.78 is 5.87. The molecule has 1 heterocycles. The smallest absolute Gasteiger partial charge is 0.137 e. The van der Waals surface area contributed by atoms with Crippen LogP contribution in [-0.4, -0.2) is 19.7 Å². The van der Waals surface area contributed by atoms with E-state index >= 15 is 0 Å². The Hall–Kier alpha value is -0.730. The number of hydrogen-bond acceptors (Lipinski definition) is 2. The summed E-state index contributed by atoms with van der Waals surface area (Å²) >= 11 is 6.31. The van der Waals surface area contributed by atoms with Crippen LogP contribution in [0.5, 0.6) is 5.75 Å². The second-order valence-electron chi connectivity index (χ2n) is 5.52. The summed E-state index contributed by atoms with van der Waals surface area (Å²) in [5.74, 6) is 1.98. The Morgan fingerprint density at radius 3 is 2.95 bits per heavy atom. The van der Waals surface area contributed by atoms with Gasteiger partial charge < -0.3 is 10.1 Å². The average molecular weight is 282 g/mol. The Morgan fingerprint density at radius 2 is 2.32 bits per heavy atom. The minimum Gasteiger partial charge on any atom is -0.492 e. The Bertz CT molecular complexity index is 402. The molecule has 106 valence electrons. The van der Waals surface area contributed by atoms with E-state index in [1.54, 1.807) is 0 Å². The van der Waals surface area contributed by atoms with Crippen LogP contribution in [0.25, 0.3) is 0 Å². The molecule has 2 rings (SSSR count). The summed E-state index contributed by atoms with van der Waals surface area (Å²) in [6, 6.07) is 6.19. The van der Waals surface area contributed by atoms with Gasteiger partial charge in [-0.25, -0.2) is 0 Å². The van der Waals surface area contributed by atoms with Crippen LogP contribution >= 0.6 is 11.6 Å². The van der Waals surface area contributed by atoms with Crippen LogP contribution in [0.1, 0.15) is 44.6 Å². The summed E-state index contributed by atoms with van der Waals surface area (Å²) in [7, 11) is 0. The van der Waals surface area contributed by atoms with Crippen LogP contribution < -0.4 is 10.1 Å². The summed E-state index contributed by atoms with van der Waals surface area (Å²) in [6.07, 6.45) is 3.62. The number of benzene rings is 1. The first kappa shape index (κ1) is 14.7. The van der Waals surface area contributed by atoms with Crippen molar-refractivity contribution in [3.63, 3.8) is 0 Å². The van der Waals surface area contributed by atoms with Gasteiger partial charge in [0.15, 0.2) is 0 Å². The molecule has 0 aliphatic carbocycles. The zero-order chi connectivity index (χ0) is 13.7. The van der Waals surface area contributed by atoms with Crippen molar-refractivity contribution in [2.24, 2.45) is 5.92 Å². The number of hydrogen-bond donors (Lipinski definition) is 1. The van der Waals surface area contributed by atoms with Crippen molar-refractivity contribution in [1.29, 1.82) is 0 Å². The maximum Gasteiger partial charge on any atom is 0.137 e. The van der Waals surface area contributed by atoms with Gasteiger partial charge in [-0.2, -0.15) is 0 Å². The molecule has 1 fully saturated rings. The number of piperidine rings is 1. The fraction of sp³-hybridized carbons (Fsp3) is 0.625. The predicted octanol–water partition coefficient (Wildman–Crippen LogP) is 4.23. The van der Waals surface area contributed by atoms with E-state index in [1.807, 2.05) is 12.1 Å². The van der Waals surface area contributed by atoms with E-state index in [0.29, 0.717) is 11.8 Å². The van der Waals surface area contributed by atoms with Crippen LogP contribution in [0.15, 0.2) is 18.2 Å². The second-order valence-corrected chi connectivity index (χ2v) is 5.93. The molecule has 2 atom stereocenters. The number of halogens is 1. The Balaban J connectivity index is 1.93. The van der Waals surface area contributed by atoms with Gasteiger partial charge in [-0.3, -0.25) is 0 Å². The highest BCUT2D eigenvalue weighted by Gasteiger charge is 2.14. The third-order valence-electron chi connectivity index (χ3n) is 4.01. The molecule has 1 aromatic rings. The monoisotopic (exact) mass is 281 g/mol. The topological polar surface area (TPSA) is 21.3 Å². The fourth-order valence-electron chi connectivity index (χ4n) is 2.45. The van der Waals surface area contributed by atoms with Gasteiger partial charge in [0.05, 0.1) is 11.6 Å². The zero-order valence-corrected chi connectivity index (χ0v) is 12.7. The predicted molar refractivity (Wildman–Crippen MR) is 81.2 cm³/mol. The number of ether oxygens (including phenoxy) is 1.